The highest BCUT2D eigenvalue weighted by atomic mass is 127. The van der Waals surface area contributed by atoms with Gasteiger partial charge in [-0.3, -0.25) is 4.79 Å². The first kappa shape index (κ1) is 25.5. The fraction of sp³-hybridized carbons (Fsp3) is 0.783. The zero-order valence-corrected chi connectivity index (χ0v) is 20.2. The van der Waals surface area contributed by atoms with Crippen molar-refractivity contribution in [3.8, 4) is 0 Å². The van der Waals surface area contributed by atoms with Gasteiger partial charge in [0, 0.05) is 22.0 Å². The van der Waals surface area contributed by atoms with Crippen molar-refractivity contribution in [1.29, 1.82) is 0 Å². The Hall–Kier alpha value is -0.560. The number of aliphatic hydroxyl groups is 1. The van der Waals surface area contributed by atoms with E-state index in [0.717, 1.165) is 34.7 Å². The number of hydrogen-bond donors (Lipinski definition) is 3. The van der Waals surface area contributed by atoms with Crippen molar-refractivity contribution < 1.29 is 15.0 Å². The van der Waals surface area contributed by atoms with E-state index in [4.69, 9.17) is 10.8 Å². The molecule has 1 rings (SSSR count). The lowest BCUT2D eigenvalue weighted by Crippen LogP contribution is -2.23. The number of carbonyl (C=O) groups is 1. The molecule has 0 aromatic heterocycles. The maximum atomic E-state index is 11.0. The summed E-state index contributed by atoms with van der Waals surface area (Å²) < 4.78 is 0.738. The number of aliphatic carboxylic acids is 1. The lowest BCUT2D eigenvalue weighted by molar-refractivity contribution is -0.138. The van der Waals surface area contributed by atoms with Crippen molar-refractivity contribution >= 4 is 28.6 Å². The Bertz CT molecular complexity index is 544. The average molecular weight is 505 g/mol. The molecule has 0 aromatic carbocycles. The van der Waals surface area contributed by atoms with E-state index in [1.807, 2.05) is 26.0 Å². The molecular formula is C23H40INO3. The molecule has 1 aliphatic rings. The van der Waals surface area contributed by atoms with E-state index < -0.39 is 12.1 Å². The van der Waals surface area contributed by atoms with Gasteiger partial charge in [-0.05, 0) is 61.5 Å². The topological polar surface area (TPSA) is 83.5 Å². The number of carboxylic acids is 1. The molecule has 4 nitrogen and oxygen atoms in total. The Kier molecular flexibility index (Phi) is 11.7. The van der Waals surface area contributed by atoms with Crippen LogP contribution in [0.3, 0.4) is 0 Å². The van der Waals surface area contributed by atoms with Crippen molar-refractivity contribution in [1.82, 2.24) is 0 Å². The molecule has 4 N–H and O–H groups in total. The van der Waals surface area contributed by atoms with Gasteiger partial charge in [-0.2, -0.15) is 0 Å². The number of nitrogens with two attached hydrogens (primary N) is 1. The van der Waals surface area contributed by atoms with Gasteiger partial charge in [-0.1, -0.05) is 69.2 Å². The van der Waals surface area contributed by atoms with E-state index >= 15 is 0 Å². The third-order valence-corrected chi connectivity index (χ3v) is 7.84. The number of alkyl halides is 1. The summed E-state index contributed by atoms with van der Waals surface area (Å²) in [6.07, 6.45) is 11.5. The molecule has 0 spiro atoms. The van der Waals surface area contributed by atoms with E-state index in [1.165, 1.54) is 25.7 Å². The molecule has 0 unspecified atom stereocenters. The standard InChI is InChI=1S/C23H40INO3/c1-5-18(16(4)14-23(27)28)21(25)12-11-19(15(2)3)22(26)13-10-17-8-6-7-9-20(17)24/h11-12,15-18,20,22,26H,5-10,13-14,25H2,1-4H3,(H,27,28)/b19-11+,21-12-/t16-,17-,18+,20-,22+/m0/s1. The first-order valence-electron chi connectivity index (χ1n) is 10.9. The highest BCUT2D eigenvalue weighted by molar-refractivity contribution is 14.1. The van der Waals surface area contributed by atoms with Crippen LogP contribution in [0.1, 0.15) is 79.1 Å². The fourth-order valence-corrected chi connectivity index (χ4v) is 5.57. The Labute approximate surface area is 185 Å². The molecular weight excluding hydrogens is 465 g/mol. The molecule has 1 saturated carbocycles. The molecule has 5 heteroatoms. The molecule has 0 radical (unpaired) electrons. The summed E-state index contributed by atoms with van der Waals surface area (Å²) in [4.78, 5) is 11.0. The first-order valence-corrected chi connectivity index (χ1v) is 12.1. The largest absolute Gasteiger partial charge is 0.481 e. The maximum absolute atomic E-state index is 11.0. The molecule has 0 saturated heterocycles. The number of carboxylic acid groups (broad SMARTS) is 1. The molecule has 162 valence electrons. The Morgan fingerprint density at radius 1 is 1.21 bits per heavy atom. The number of aliphatic hydroxyl groups excluding tert-OH is 1. The second-order valence-electron chi connectivity index (χ2n) is 8.73. The minimum atomic E-state index is -0.788. The van der Waals surface area contributed by atoms with Crippen molar-refractivity contribution in [2.24, 2.45) is 29.4 Å². The molecule has 28 heavy (non-hydrogen) atoms. The third kappa shape index (κ3) is 8.44. The molecule has 0 amide bonds. The van der Waals surface area contributed by atoms with Crippen LogP contribution in [-0.2, 0) is 4.79 Å². The summed E-state index contributed by atoms with van der Waals surface area (Å²) in [5.74, 6) is 0.215. The van der Waals surface area contributed by atoms with Crippen LogP contribution >= 0.6 is 22.6 Å². The molecule has 0 aromatic rings. The van der Waals surface area contributed by atoms with Crippen LogP contribution in [0.4, 0.5) is 0 Å². The second-order valence-corrected chi connectivity index (χ2v) is 10.3. The van der Waals surface area contributed by atoms with Crippen LogP contribution in [-0.4, -0.2) is 26.2 Å². The van der Waals surface area contributed by atoms with Gasteiger partial charge in [-0.25, -0.2) is 0 Å². The minimum Gasteiger partial charge on any atom is -0.481 e. The molecule has 0 heterocycles. The predicted molar refractivity (Wildman–Crippen MR) is 125 cm³/mol. The lowest BCUT2D eigenvalue weighted by Gasteiger charge is -2.29. The summed E-state index contributed by atoms with van der Waals surface area (Å²) >= 11 is 2.58. The van der Waals surface area contributed by atoms with Crippen molar-refractivity contribution in [3.05, 3.63) is 23.4 Å². The van der Waals surface area contributed by atoms with Crippen LogP contribution < -0.4 is 5.73 Å². The maximum Gasteiger partial charge on any atom is 0.303 e. The number of hydrogen-bond acceptors (Lipinski definition) is 3. The zero-order valence-electron chi connectivity index (χ0n) is 18.0. The molecule has 1 fully saturated rings. The summed E-state index contributed by atoms with van der Waals surface area (Å²) in [5, 5.41) is 19.9. The van der Waals surface area contributed by atoms with Gasteiger partial charge in [0.15, 0.2) is 0 Å². The Morgan fingerprint density at radius 3 is 2.39 bits per heavy atom. The fourth-order valence-electron chi connectivity index (χ4n) is 4.41. The van der Waals surface area contributed by atoms with Gasteiger partial charge >= 0.3 is 5.97 Å². The number of allylic oxidation sites excluding steroid dienone is 3. The monoisotopic (exact) mass is 505 g/mol. The highest BCUT2D eigenvalue weighted by Crippen LogP contribution is 2.34. The van der Waals surface area contributed by atoms with E-state index in [-0.39, 0.29) is 24.2 Å². The van der Waals surface area contributed by atoms with Gasteiger partial charge in [0.25, 0.3) is 0 Å². The SMILES string of the molecule is CC[C@@H](/C(N)=C/C=C(\C(C)C)[C@H](O)CC[C@@H]1CCCC[C@@H]1I)[C@@H](C)CC(=O)O. The summed E-state index contributed by atoms with van der Waals surface area (Å²) in [6, 6.07) is 0. The Balaban J connectivity index is 2.79. The van der Waals surface area contributed by atoms with Crippen LogP contribution in [0.15, 0.2) is 23.4 Å². The number of rotatable bonds is 11. The summed E-state index contributed by atoms with van der Waals surface area (Å²) in [6.45, 7) is 8.18. The van der Waals surface area contributed by atoms with Gasteiger partial charge < -0.3 is 15.9 Å². The van der Waals surface area contributed by atoms with Gasteiger partial charge in [0.2, 0.25) is 0 Å². The minimum absolute atomic E-state index is 0.00791. The lowest BCUT2D eigenvalue weighted by atomic mass is 9.83. The van der Waals surface area contributed by atoms with E-state index in [9.17, 15) is 9.90 Å². The average Bonchev–Trinajstić information content (AvgIpc) is 2.60. The molecule has 1 aliphatic carbocycles. The smallest absolute Gasteiger partial charge is 0.303 e. The van der Waals surface area contributed by atoms with Crippen molar-refractivity contribution in [2.75, 3.05) is 0 Å². The predicted octanol–water partition coefficient (Wildman–Crippen LogP) is 5.68. The highest BCUT2D eigenvalue weighted by Gasteiger charge is 2.24. The van der Waals surface area contributed by atoms with E-state index in [0.29, 0.717) is 5.70 Å². The first-order chi connectivity index (χ1) is 13.2. The zero-order chi connectivity index (χ0) is 21.3. The second kappa shape index (κ2) is 12.9. The van der Waals surface area contributed by atoms with Gasteiger partial charge in [0.05, 0.1) is 6.10 Å². The van der Waals surface area contributed by atoms with Crippen molar-refractivity contribution in [3.63, 3.8) is 0 Å². The van der Waals surface area contributed by atoms with E-state index in [2.05, 4.69) is 36.4 Å². The van der Waals surface area contributed by atoms with Crippen LogP contribution in [0.2, 0.25) is 0 Å². The van der Waals surface area contributed by atoms with Crippen LogP contribution in [0.25, 0.3) is 0 Å². The quantitative estimate of drug-likeness (QED) is 0.192. The van der Waals surface area contributed by atoms with Gasteiger partial charge in [0.1, 0.15) is 0 Å². The van der Waals surface area contributed by atoms with Crippen LogP contribution in [0, 0.1) is 23.7 Å². The molecule has 5 atom stereocenters. The van der Waals surface area contributed by atoms with Crippen molar-refractivity contribution in [2.45, 2.75) is 89.1 Å². The van der Waals surface area contributed by atoms with Crippen LogP contribution in [0.5, 0.6) is 0 Å². The van der Waals surface area contributed by atoms with Gasteiger partial charge in [-0.15, -0.1) is 0 Å². The summed E-state index contributed by atoms with van der Waals surface area (Å²) in [7, 11) is 0. The molecule has 0 aliphatic heterocycles. The third-order valence-electron chi connectivity index (χ3n) is 6.20. The van der Waals surface area contributed by atoms with E-state index in [1.54, 1.807) is 0 Å². The normalized spacial score (nSPS) is 24.8. The summed E-state index contributed by atoms with van der Waals surface area (Å²) in [5.41, 5.74) is 8.03. The molecule has 0 bridgehead atoms. The number of halogens is 1. The Morgan fingerprint density at radius 2 is 1.86 bits per heavy atom.